The lowest BCUT2D eigenvalue weighted by Gasteiger charge is -2.12. The van der Waals surface area contributed by atoms with Crippen LogP contribution < -0.4 is 14.8 Å². The Morgan fingerprint density at radius 1 is 1.00 bits per heavy atom. The minimum atomic E-state index is -0.205. The van der Waals surface area contributed by atoms with Crippen LogP contribution in [0.3, 0.4) is 0 Å². The number of furan rings is 1. The van der Waals surface area contributed by atoms with E-state index in [2.05, 4.69) is 15.5 Å². The maximum Gasteiger partial charge on any atom is 0.234 e. The smallest absolute Gasteiger partial charge is 0.234 e. The average Bonchev–Trinajstić information content (AvgIpc) is 3.46. The van der Waals surface area contributed by atoms with Gasteiger partial charge in [0.25, 0.3) is 0 Å². The molecule has 0 fully saturated rings. The fourth-order valence-corrected chi connectivity index (χ4v) is 4.37. The second-order valence-electron chi connectivity index (χ2n) is 7.14. The summed E-state index contributed by atoms with van der Waals surface area (Å²) in [5, 5.41) is 13.6. The summed E-state index contributed by atoms with van der Waals surface area (Å²) in [5.74, 6) is 1.18. The van der Waals surface area contributed by atoms with Gasteiger partial charge in [-0.1, -0.05) is 42.1 Å². The molecule has 166 valence electrons. The number of rotatable bonds is 7. The number of anilines is 1. The van der Waals surface area contributed by atoms with Crippen LogP contribution in [0.25, 0.3) is 27.6 Å². The Morgan fingerprint density at radius 3 is 2.64 bits per heavy atom. The molecule has 8 nitrogen and oxygen atoms in total. The highest BCUT2D eigenvalue weighted by atomic mass is 32.2. The zero-order valence-electron chi connectivity index (χ0n) is 17.9. The number of hydrogen-bond acceptors (Lipinski definition) is 7. The van der Waals surface area contributed by atoms with Gasteiger partial charge in [-0.05, 0) is 24.3 Å². The lowest BCUT2D eigenvalue weighted by atomic mass is 10.1. The van der Waals surface area contributed by atoms with Gasteiger partial charge >= 0.3 is 0 Å². The number of carbonyl (C=O) groups excluding carboxylic acids is 1. The van der Waals surface area contributed by atoms with Gasteiger partial charge in [0.15, 0.2) is 5.16 Å². The molecule has 5 aromatic rings. The number of hydrogen-bond donors (Lipinski definition) is 1. The van der Waals surface area contributed by atoms with Crippen molar-refractivity contribution in [2.45, 2.75) is 5.16 Å². The number of fused-ring (bicyclic) bond motifs is 3. The highest BCUT2D eigenvalue weighted by molar-refractivity contribution is 7.99. The number of amides is 1. The van der Waals surface area contributed by atoms with Crippen molar-refractivity contribution in [1.29, 1.82) is 0 Å². The molecule has 0 bridgehead atoms. The molecule has 0 saturated heterocycles. The zero-order chi connectivity index (χ0) is 22.8. The van der Waals surface area contributed by atoms with Gasteiger partial charge in [-0.3, -0.25) is 9.36 Å². The molecule has 3 aromatic carbocycles. The van der Waals surface area contributed by atoms with Crippen LogP contribution in [0.5, 0.6) is 11.5 Å². The van der Waals surface area contributed by atoms with Crippen molar-refractivity contribution in [3.63, 3.8) is 0 Å². The van der Waals surface area contributed by atoms with Crippen LogP contribution in [0, 0.1) is 0 Å². The Labute approximate surface area is 193 Å². The lowest BCUT2D eigenvalue weighted by Crippen LogP contribution is -2.15. The van der Waals surface area contributed by atoms with Crippen LogP contribution in [0.2, 0.25) is 0 Å². The molecule has 0 saturated carbocycles. The molecular formula is C24H20N4O4S. The van der Waals surface area contributed by atoms with Crippen LogP contribution in [-0.4, -0.2) is 40.6 Å². The highest BCUT2D eigenvalue weighted by Gasteiger charge is 2.16. The minimum Gasteiger partial charge on any atom is -0.495 e. The minimum absolute atomic E-state index is 0.134. The van der Waals surface area contributed by atoms with Gasteiger partial charge in [-0.2, -0.15) is 0 Å². The van der Waals surface area contributed by atoms with Gasteiger partial charge in [-0.25, -0.2) is 0 Å². The first kappa shape index (κ1) is 20.9. The number of thioether (sulfide) groups is 1. The number of nitrogens with one attached hydrogen (secondary N) is 1. The van der Waals surface area contributed by atoms with Crippen LogP contribution in [-0.2, 0) is 4.79 Å². The van der Waals surface area contributed by atoms with Crippen LogP contribution >= 0.6 is 11.8 Å². The number of ether oxygens (including phenoxy) is 2. The fraction of sp³-hybridized carbons (Fsp3) is 0.125. The first-order valence-electron chi connectivity index (χ1n) is 10.1. The Hall–Kier alpha value is -3.98. The van der Waals surface area contributed by atoms with E-state index in [0.29, 0.717) is 27.9 Å². The summed E-state index contributed by atoms with van der Waals surface area (Å²) in [7, 11) is 3.18. The van der Waals surface area contributed by atoms with E-state index in [9.17, 15) is 4.79 Å². The molecular weight excluding hydrogens is 440 g/mol. The molecule has 0 atom stereocenters. The van der Waals surface area contributed by atoms with Gasteiger partial charge in [0, 0.05) is 16.8 Å². The highest BCUT2D eigenvalue weighted by Crippen LogP contribution is 2.36. The van der Waals surface area contributed by atoms with Crippen molar-refractivity contribution in [2.24, 2.45) is 0 Å². The Kier molecular flexibility index (Phi) is 5.62. The van der Waals surface area contributed by atoms with Crippen molar-refractivity contribution in [2.75, 3.05) is 25.3 Å². The van der Waals surface area contributed by atoms with Gasteiger partial charge in [0.05, 0.1) is 31.3 Å². The Morgan fingerprint density at radius 2 is 1.79 bits per heavy atom. The summed E-state index contributed by atoms with van der Waals surface area (Å²) >= 11 is 1.27. The van der Waals surface area contributed by atoms with Crippen LogP contribution in [0.1, 0.15) is 0 Å². The predicted molar refractivity (Wildman–Crippen MR) is 128 cm³/mol. The molecule has 0 aliphatic rings. The summed E-state index contributed by atoms with van der Waals surface area (Å²) in [4.78, 5) is 12.8. The molecule has 0 radical (unpaired) electrons. The molecule has 2 heterocycles. The first-order chi connectivity index (χ1) is 16.2. The van der Waals surface area contributed by atoms with Crippen molar-refractivity contribution < 1.29 is 18.7 Å². The number of nitrogens with zero attached hydrogens (tertiary/aromatic N) is 3. The van der Waals surface area contributed by atoms with E-state index < -0.39 is 0 Å². The molecule has 0 spiro atoms. The van der Waals surface area contributed by atoms with Crippen molar-refractivity contribution in [1.82, 2.24) is 14.8 Å². The normalized spacial score (nSPS) is 11.1. The quantitative estimate of drug-likeness (QED) is 0.345. The molecule has 0 unspecified atom stereocenters. The zero-order valence-corrected chi connectivity index (χ0v) is 18.8. The number of methoxy groups -OCH3 is 2. The number of carbonyl (C=O) groups is 1. The van der Waals surface area contributed by atoms with E-state index >= 15 is 0 Å². The summed E-state index contributed by atoms with van der Waals surface area (Å²) in [6.07, 6.45) is 1.59. The van der Waals surface area contributed by atoms with Crippen molar-refractivity contribution in [3.8, 4) is 17.2 Å². The fourth-order valence-electron chi connectivity index (χ4n) is 3.65. The monoisotopic (exact) mass is 460 g/mol. The third-order valence-corrected chi connectivity index (χ3v) is 6.11. The van der Waals surface area contributed by atoms with E-state index in [1.165, 1.54) is 11.8 Å². The molecule has 0 aliphatic heterocycles. The molecule has 33 heavy (non-hydrogen) atoms. The summed E-state index contributed by atoms with van der Waals surface area (Å²) in [5.41, 5.74) is 2.80. The second kappa shape index (κ2) is 8.87. The lowest BCUT2D eigenvalue weighted by molar-refractivity contribution is -0.113. The van der Waals surface area contributed by atoms with E-state index in [0.717, 1.165) is 22.0 Å². The van der Waals surface area contributed by atoms with E-state index in [-0.39, 0.29) is 11.7 Å². The average molecular weight is 461 g/mol. The Balaban J connectivity index is 1.35. The Bertz CT molecular complexity index is 1460. The first-order valence-corrected chi connectivity index (χ1v) is 11.1. The van der Waals surface area contributed by atoms with Gasteiger partial charge < -0.3 is 19.2 Å². The van der Waals surface area contributed by atoms with Gasteiger partial charge in [0.2, 0.25) is 5.91 Å². The van der Waals surface area contributed by atoms with E-state index in [1.807, 2.05) is 54.6 Å². The molecule has 1 N–H and O–H groups in total. The van der Waals surface area contributed by atoms with Gasteiger partial charge in [-0.15, -0.1) is 10.2 Å². The van der Waals surface area contributed by atoms with E-state index in [4.69, 9.17) is 13.9 Å². The van der Waals surface area contributed by atoms with Crippen molar-refractivity contribution in [3.05, 3.63) is 67.0 Å². The van der Waals surface area contributed by atoms with Gasteiger partial charge in [0.1, 0.15) is 29.0 Å². The molecule has 9 heteroatoms. The van der Waals surface area contributed by atoms with Crippen LogP contribution in [0.15, 0.2) is 76.6 Å². The summed E-state index contributed by atoms with van der Waals surface area (Å²) < 4.78 is 18.7. The molecule has 0 aliphatic carbocycles. The third-order valence-electron chi connectivity index (χ3n) is 5.17. The second-order valence-corrected chi connectivity index (χ2v) is 8.08. The topological polar surface area (TPSA) is 91.4 Å². The van der Waals surface area contributed by atoms with Crippen molar-refractivity contribution >= 4 is 45.3 Å². The predicted octanol–water partition coefficient (Wildman–Crippen LogP) is 4.91. The molecule has 5 rings (SSSR count). The summed E-state index contributed by atoms with van der Waals surface area (Å²) in [6.45, 7) is 0. The largest absolute Gasteiger partial charge is 0.495 e. The summed E-state index contributed by atoms with van der Waals surface area (Å²) in [6, 6.07) is 19.0. The third kappa shape index (κ3) is 3.98. The number of benzene rings is 3. The maximum atomic E-state index is 12.8. The van der Waals surface area contributed by atoms with E-state index in [1.54, 1.807) is 31.2 Å². The maximum absolute atomic E-state index is 12.8. The standard InChI is InChI=1S/C24H20N4O4S/c1-30-20-10-6-4-8-18(20)28-14-25-27-24(28)33-13-23(29)26-17-12-21-16(11-22(17)31-2)15-7-3-5-9-19(15)32-21/h3-12,14H,13H2,1-2H3,(H,26,29). The number of para-hydroxylation sites is 3. The van der Waals surface area contributed by atoms with Crippen LogP contribution in [0.4, 0.5) is 5.69 Å². The molecule has 2 aromatic heterocycles. The SMILES string of the molecule is COc1cc2c(cc1NC(=O)CSc1nncn1-c1ccccc1OC)oc1ccccc12. The number of aromatic nitrogens is 3. The molecule has 1 amide bonds.